The molecular weight excluding hydrogens is 252 g/mol. The van der Waals surface area contributed by atoms with Crippen LogP contribution in [-0.4, -0.2) is 17.3 Å². The number of nitrogens with two attached hydrogens (primary N) is 1. The number of hydrogen-bond donors (Lipinski definition) is 1. The minimum absolute atomic E-state index is 0.108. The van der Waals surface area contributed by atoms with Crippen molar-refractivity contribution in [1.82, 2.24) is 4.57 Å². The Kier molecular flexibility index (Phi) is 3.56. The largest absolute Gasteiger partial charge is 0.394 e. The molecule has 1 fully saturated rings. The quantitative estimate of drug-likeness (QED) is 0.931. The Morgan fingerprint density at radius 3 is 2.70 bits per heavy atom. The summed E-state index contributed by atoms with van der Waals surface area (Å²) in [5.41, 5.74) is 7.82. The van der Waals surface area contributed by atoms with Crippen LogP contribution < -0.4 is 11.3 Å². The van der Waals surface area contributed by atoms with Crippen LogP contribution in [0.1, 0.15) is 12.8 Å². The molecule has 1 aliphatic rings. The van der Waals surface area contributed by atoms with Crippen LogP contribution in [0.4, 0.5) is 5.69 Å². The molecule has 0 amide bonds. The summed E-state index contributed by atoms with van der Waals surface area (Å²) in [4.78, 5) is 12.3. The van der Waals surface area contributed by atoms with Gasteiger partial charge in [-0.15, -0.1) is 0 Å². The monoisotopic (exact) mass is 270 g/mol. The van der Waals surface area contributed by atoms with Gasteiger partial charge in [-0.2, -0.15) is 0 Å². The first-order valence-corrected chi connectivity index (χ1v) is 6.92. The Bertz CT molecular complexity index is 643. The third kappa shape index (κ3) is 2.47. The molecule has 0 saturated carbocycles. The molecule has 1 aliphatic heterocycles. The van der Waals surface area contributed by atoms with E-state index in [0.29, 0.717) is 6.54 Å². The zero-order chi connectivity index (χ0) is 13.9. The summed E-state index contributed by atoms with van der Waals surface area (Å²) in [7, 11) is 0. The Balaban J connectivity index is 2.05. The summed E-state index contributed by atoms with van der Waals surface area (Å²) in [6, 6.07) is 13.5. The standard InChI is InChI=1S/C16H18N2O2/c17-14-8-9-15(12-5-2-1-3-6-12)18(16(14)19)11-13-7-4-10-20-13/h1-3,5-6,8-9,13H,4,7,10-11,17H2. The fourth-order valence-corrected chi connectivity index (χ4v) is 2.63. The molecule has 1 unspecified atom stereocenters. The highest BCUT2D eigenvalue weighted by atomic mass is 16.5. The maximum Gasteiger partial charge on any atom is 0.274 e. The first kappa shape index (κ1) is 12.9. The van der Waals surface area contributed by atoms with Gasteiger partial charge in [-0.05, 0) is 30.5 Å². The maximum atomic E-state index is 12.3. The molecule has 1 saturated heterocycles. The van der Waals surface area contributed by atoms with Crippen LogP contribution >= 0.6 is 0 Å². The Morgan fingerprint density at radius 1 is 1.20 bits per heavy atom. The van der Waals surface area contributed by atoms with Crippen molar-refractivity contribution in [2.45, 2.75) is 25.5 Å². The lowest BCUT2D eigenvalue weighted by Crippen LogP contribution is -2.29. The van der Waals surface area contributed by atoms with E-state index in [1.807, 2.05) is 36.4 Å². The highest BCUT2D eigenvalue weighted by Gasteiger charge is 2.19. The van der Waals surface area contributed by atoms with Crippen molar-refractivity contribution < 1.29 is 4.74 Å². The number of benzene rings is 1. The SMILES string of the molecule is Nc1ccc(-c2ccccc2)n(CC2CCCO2)c1=O. The molecule has 1 aromatic carbocycles. The van der Waals surface area contributed by atoms with E-state index in [2.05, 4.69) is 0 Å². The predicted octanol–water partition coefficient (Wildman–Crippen LogP) is 2.28. The van der Waals surface area contributed by atoms with E-state index in [1.165, 1.54) is 0 Å². The van der Waals surface area contributed by atoms with Gasteiger partial charge in [0.1, 0.15) is 0 Å². The van der Waals surface area contributed by atoms with E-state index in [1.54, 1.807) is 10.6 Å². The van der Waals surface area contributed by atoms with Crippen LogP contribution in [0.2, 0.25) is 0 Å². The van der Waals surface area contributed by atoms with Crippen molar-refractivity contribution in [3.05, 3.63) is 52.8 Å². The molecule has 4 nitrogen and oxygen atoms in total. The second-order valence-corrected chi connectivity index (χ2v) is 5.09. The van der Waals surface area contributed by atoms with Crippen LogP contribution in [0.25, 0.3) is 11.3 Å². The average Bonchev–Trinajstić information content (AvgIpc) is 2.98. The maximum absolute atomic E-state index is 12.3. The van der Waals surface area contributed by atoms with Crippen LogP contribution in [0.5, 0.6) is 0 Å². The molecule has 20 heavy (non-hydrogen) atoms. The number of ether oxygens (including phenoxy) is 1. The summed E-state index contributed by atoms with van der Waals surface area (Å²) in [6.45, 7) is 1.34. The van der Waals surface area contributed by atoms with E-state index >= 15 is 0 Å². The van der Waals surface area contributed by atoms with Gasteiger partial charge in [-0.3, -0.25) is 4.79 Å². The highest BCUT2D eigenvalue weighted by Crippen LogP contribution is 2.21. The van der Waals surface area contributed by atoms with Gasteiger partial charge in [-0.1, -0.05) is 30.3 Å². The molecule has 2 aromatic rings. The lowest BCUT2D eigenvalue weighted by molar-refractivity contribution is 0.0966. The predicted molar refractivity (Wildman–Crippen MR) is 79.5 cm³/mol. The zero-order valence-corrected chi connectivity index (χ0v) is 11.3. The molecule has 1 atom stereocenters. The lowest BCUT2D eigenvalue weighted by atomic mass is 10.1. The highest BCUT2D eigenvalue weighted by molar-refractivity contribution is 5.61. The smallest absolute Gasteiger partial charge is 0.274 e. The van der Waals surface area contributed by atoms with Gasteiger partial charge >= 0.3 is 0 Å². The molecule has 0 aliphatic carbocycles. The van der Waals surface area contributed by atoms with Crippen molar-refractivity contribution in [2.75, 3.05) is 12.3 Å². The molecule has 2 heterocycles. The van der Waals surface area contributed by atoms with Crippen LogP contribution in [-0.2, 0) is 11.3 Å². The van der Waals surface area contributed by atoms with Gasteiger partial charge in [0.2, 0.25) is 0 Å². The number of anilines is 1. The molecule has 2 N–H and O–H groups in total. The summed E-state index contributed by atoms with van der Waals surface area (Å²) < 4.78 is 7.38. The van der Waals surface area contributed by atoms with E-state index in [4.69, 9.17) is 10.5 Å². The topological polar surface area (TPSA) is 57.2 Å². The number of nitrogens with zero attached hydrogens (tertiary/aromatic N) is 1. The Hall–Kier alpha value is -2.07. The molecule has 0 spiro atoms. The summed E-state index contributed by atoms with van der Waals surface area (Å²) in [5.74, 6) is 0. The van der Waals surface area contributed by atoms with E-state index in [9.17, 15) is 4.79 Å². The molecule has 104 valence electrons. The average molecular weight is 270 g/mol. The van der Waals surface area contributed by atoms with Crippen molar-refractivity contribution in [3.8, 4) is 11.3 Å². The van der Waals surface area contributed by atoms with Gasteiger partial charge in [0.05, 0.1) is 24.0 Å². The van der Waals surface area contributed by atoms with Crippen molar-refractivity contribution in [3.63, 3.8) is 0 Å². The van der Waals surface area contributed by atoms with E-state index < -0.39 is 0 Å². The van der Waals surface area contributed by atoms with Gasteiger partial charge in [0.25, 0.3) is 5.56 Å². The van der Waals surface area contributed by atoms with E-state index in [0.717, 1.165) is 30.7 Å². The van der Waals surface area contributed by atoms with Crippen molar-refractivity contribution >= 4 is 5.69 Å². The number of hydrogen-bond acceptors (Lipinski definition) is 3. The van der Waals surface area contributed by atoms with Crippen LogP contribution in [0, 0.1) is 0 Å². The van der Waals surface area contributed by atoms with Crippen LogP contribution in [0.15, 0.2) is 47.3 Å². The van der Waals surface area contributed by atoms with Gasteiger partial charge in [0, 0.05) is 6.61 Å². The molecule has 0 radical (unpaired) electrons. The van der Waals surface area contributed by atoms with Gasteiger partial charge in [0.15, 0.2) is 0 Å². The van der Waals surface area contributed by atoms with Crippen molar-refractivity contribution in [2.24, 2.45) is 0 Å². The summed E-state index contributed by atoms with van der Waals surface area (Å²) >= 11 is 0. The Labute approximate surface area is 117 Å². The minimum Gasteiger partial charge on any atom is -0.394 e. The summed E-state index contributed by atoms with van der Waals surface area (Å²) in [5, 5.41) is 0. The van der Waals surface area contributed by atoms with E-state index in [-0.39, 0.29) is 17.4 Å². The third-order valence-electron chi connectivity index (χ3n) is 3.68. The van der Waals surface area contributed by atoms with Crippen molar-refractivity contribution in [1.29, 1.82) is 0 Å². The molecule has 4 heteroatoms. The number of aromatic nitrogens is 1. The molecule has 3 rings (SSSR count). The zero-order valence-electron chi connectivity index (χ0n) is 11.3. The van der Waals surface area contributed by atoms with Gasteiger partial charge < -0.3 is 15.0 Å². The minimum atomic E-state index is -0.137. The fourth-order valence-electron chi connectivity index (χ4n) is 2.63. The molecular formula is C16H18N2O2. The second kappa shape index (κ2) is 5.51. The fraction of sp³-hybridized carbons (Fsp3) is 0.312. The Morgan fingerprint density at radius 2 is 2.00 bits per heavy atom. The summed E-state index contributed by atoms with van der Waals surface area (Å²) in [6.07, 6.45) is 2.16. The van der Waals surface area contributed by atoms with Gasteiger partial charge in [-0.25, -0.2) is 0 Å². The number of rotatable bonds is 3. The lowest BCUT2D eigenvalue weighted by Gasteiger charge is -2.17. The third-order valence-corrected chi connectivity index (χ3v) is 3.68. The molecule has 0 bridgehead atoms. The first-order chi connectivity index (χ1) is 9.75. The molecule has 1 aromatic heterocycles. The second-order valence-electron chi connectivity index (χ2n) is 5.09. The number of pyridine rings is 1. The normalized spacial score (nSPS) is 18.3. The first-order valence-electron chi connectivity index (χ1n) is 6.92. The number of nitrogen functional groups attached to an aromatic ring is 1. The van der Waals surface area contributed by atoms with Crippen LogP contribution in [0.3, 0.4) is 0 Å².